The lowest BCUT2D eigenvalue weighted by molar-refractivity contribution is -0.113. The lowest BCUT2D eigenvalue weighted by Crippen LogP contribution is -2.18. The number of rotatable bonds is 8. The number of para-hydroxylation sites is 1. The van der Waals surface area contributed by atoms with Crippen molar-refractivity contribution in [3.63, 3.8) is 0 Å². The average molecular weight is 363 g/mol. The predicted octanol–water partition coefficient (Wildman–Crippen LogP) is 1.85. The van der Waals surface area contributed by atoms with Crippen molar-refractivity contribution in [1.29, 1.82) is 0 Å². The van der Waals surface area contributed by atoms with Crippen LogP contribution >= 0.6 is 11.8 Å². The molecule has 25 heavy (non-hydrogen) atoms. The molecule has 0 aliphatic carbocycles. The number of aryl methyl sites for hydroxylation is 1. The lowest BCUT2D eigenvalue weighted by atomic mass is 10.2. The number of methoxy groups -OCH3 is 1. The van der Waals surface area contributed by atoms with Crippen molar-refractivity contribution in [2.75, 3.05) is 24.0 Å². The Hall–Kier alpha value is -2.55. The summed E-state index contributed by atoms with van der Waals surface area (Å²) >= 11 is 1.18. The van der Waals surface area contributed by atoms with Crippen LogP contribution in [0.15, 0.2) is 29.4 Å². The number of hydrogen-bond acceptors (Lipinski definition) is 7. The van der Waals surface area contributed by atoms with Gasteiger partial charge in [0, 0.05) is 6.42 Å². The van der Waals surface area contributed by atoms with Crippen molar-refractivity contribution in [3.05, 3.63) is 35.7 Å². The monoisotopic (exact) mass is 363 g/mol. The van der Waals surface area contributed by atoms with E-state index < -0.39 is 5.97 Å². The van der Waals surface area contributed by atoms with E-state index in [0.29, 0.717) is 22.2 Å². The van der Waals surface area contributed by atoms with Gasteiger partial charge in [0.1, 0.15) is 0 Å². The van der Waals surface area contributed by atoms with Gasteiger partial charge in [0.05, 0.1) is 24.1 Å². The fraction of sp³-hybridized carbons (Fsp3) is 0.375. The molecule has 0 saturated heterocycles. The number of amides is 1. The Balaban J connectivity index is 1.96. The molecule has 0 aliphatic rings. The van der Waals surface area contributed by atoms with Crippen molar-refractivity contribution in [2.45, 2.75) is 31.3 Å². The Morgan fingerprint density at radius 2 is 2.08 bits per heavy atom. The van der Waals surface area contributed by atoms with E-state index in [1.807, 2.05) is 0 Å². The molecular weight excluding hydrogens is 342 g/mol. The summed E-state index contributed by atoms with van der Waals surface area (Å²) in [5, 5.41) is 11.2. The van der Waals surface area contributed by atoms with Crippen LogP contribution in [0.2, 0.25) is 0 Å². The van der Waals surface area contributed by atoms with Crippen LogP contribution in [0.5, 0.6) is 0 Å². The number of nitrogens with one attached hydrogen (secondary N) is 1. The molecule has 0 saturated carbocycles. The van der Waals surface area contributed by atoms with Gasteiger partial charge >= 0.3 is 5.97 Å². The third-order valence-corrected chi connectivity index (χ3v) is 4.37. The van der Waals surface area contributed by atoms with Crippen molar-refractivity contribution in [3.8, 4) is 0 Å². The molecule has 1 aromatic carbocycles. The zero-order valence-electron chi connectivity index (χ0n) is 14.2. The van der Waals surface area contributed by atoms with Gasteiger partial charge in [0.2, 0.25) is 11.1 Å². The number of nitrogens with zero attached hydrogens (tertiary/aromatic N) is 3. The maximum atomic E-state index is 12.2. The van der Waals surface area contributed by atoms with Gasteiger partial charge in [0.25, 0.3) is 0 Å². The normalized spacial score (nSPS) is 10.5. The second-order valence-corrected chi connectivity index (χ2v) is 6.19. The lowest BCUT2D eigenvalue weighted by Gasteiger charge is -2.09. The molecule has 1 amide bonds. The van der Waals surface area contributed by atoms with Crippen molar-refractivity contribution in [2.24, 2.45) is 0 Å². The Morgan fingerprint density at radius 1 is 1.32 bits per heavy atom. The van der Waals surface area contributed by atoms with Crippen LogP contribution in [-0.2, 0) is 16.0 Å². The van der Waals surface area contributed by atoms with Crippen LogP contribution in [0.4, 0.5) is 5.69 Å². The molecule has 0 unspecified atom stereocenters. The number of nitrogen functional groups attached to an aromatic ring is 1. The number of hydrogen-bond donors (Lipinski definition) is 2. The number of aromatic nitrogens is 3. The van der Waals surface area contributed by atoms with Crippen LogP contribution in [0.25, 0.3) is 0 Å². The van der Waals surface area contributed by atoms with Gasteiger partial charge in [-0.3, -0.25) is 4.79 Å². The summed E-state index contributed by atoms with van der Waals surface area (Å²) < 4.78 is 6.12. The largest absolute Gasteiger partial charge is 0.465 e. The van der Waals surface area contributed by atoms with E-state index >= 15 is 0 Å². The molecule has 0 fully saturated rings. The number of carbonyl (C=O) groups excluding carboxylic acids is 2. The van der Waals surface area contributed by atoms with Gasteiger partial charge in [-0.25, -0.2) is 9.47 Å². The van der Waals surface area contributed by atoms with E-state index in [1.54, 1.807) is 24.3 Å². The zero-order chi connectivity index (χ0) is 18.2. The van der Waals surface area contributed by atoms with Gasteiger partial charge in [-0.15, -0.1) is 10.2 Å². The van der Waals surface area contributed by atoms with E-state index in [-0.39, 0.29) is 11.7 Å². The maximum absolute atomic E-state index is 12.2. The smallest absolute Gasteiger partial charge is 0.339 e. The summed E-state index contributed by atoms with van der Waals surface area (Å²) in [5.74, 6) is 5.95. The molecule has 3 N–H and O–H groups in total. The molecule has 2 aromatic rings. The third-order valence-electron chi connectivity index (χ3n) is 3.43. The first-order chi connectivity index (χ1) is 12.1. The van der Waals surface area contributed by atoms with Gasteiger partial charge in [0.15, 0.2) is 5.82 Å². The quantitative estimate of drug-likeness (QED) is 0.418. The highest BCUT2D eigenvalue weighted by Crippen LogP contribution is 2.19. The van der Waals surface area contributed by atoms with Gasteiger partial charge in [-0.2, -0.15) is 0 Å². The molecule has 0 bridgehead atoms. The molecule has 9 heteroatoms. The minimum Gasteiger partial charge on any atom is -0.465 e. The summed E-state index contributed by atoms with van der Waals surface area (Å²) in [4.78, 5) is 23.9. The van der Waals surface area contributed by atoms with E-state index in [9.17, 15) is 9.59 Å². The number of esters is 1. The number of ether oxygens (including phenoxy) is 1. The highest BCUT2D eigenvalue weighted by atomic mass is 32.2. The standard InChI is InChI=1S/C16H21N5O3S/c1-3-4-9-13-19-20-16(21(13)17)25-10-14(22)18-12-8-6-5-7-11(12)15(23)24-2/h5-8H,3-4,9-10,17H2,1-2H3,(H,18,22). The zero-order valence-corrected chi connectivity index (χ0v) is 15.0. The van der Waals surface area contributed by atoms with E-state index in [1.165, 1.54) is 23.5 Å². The molecule has 0 spiro atoms. The van der Waals surface area contributed by atoms with E-state index in [4.69, 9.17) is 10.6 Å². The van der Waals surface area contributed by atoms with Gasteiger partial charge in [-0.05, 0) is 18.6 Å². The highest BCUT2D eigenvalue weighted by Gasteiger charge is 2.15. The average Bonchev–Trinajstić information content (AvgIpc) is 2.97. The first-order valence-corrected chi connectivity index (χ1v) is 8.84. The van der Waals surface area contributed by atoms with Gasteiger partial charge in [-0.1, -0.05) is 37.2 Å². The molecule has 0 atom stereocenters. The highest BCUT2D eigenvalue weighted by molar-refractivity contribution is 7.99. The summed E-state index contributed by atoms with van der Waals surface area (Å²) in [6.07, 6.45) is 2.77. The van der Waals surface area contributed by atoms with Crippen molar-refractivity contribution < 1.29 is 14.3 Å². The molecule has 1 heterocycles. The van der Waals surface area contributed by atoms with Crippen molar-refractivity contribution >= 4 is 29.3 Å². The summed E-state index contributed by atoms with van der Waals surface area (Å²) in [5.41, 5.74) is 0.699. The summed E-state index contributed by atoms with van der Waals surface area (Å²) in [6.45, 7) is 2.09. The molecule has 134 valence electrons. The minimum atomic E-state index is -0.508. The number of unbranched alkanes of at least 4 members (excludes halogenated alkanes) is 1. The van der Waals surface area contributed by atoms with Crippen molar-refractivity contribution in [1.82, 2.24) is 14.9 Å². The maximum Gasteiger partial charge on any atom is 0.339 e. The fourth-order valence-corrected chi connectivity index (χ4v) is 2.78. The minimum absolute atomic E-state index is 0.0959. The number of thioether (sulfide) groups is 1. The van der Waals surface area contributed by atoms with Crippen LogP contribution < -0.4 is 11.2 Å². The molecule has 0 aliphatic heterocycles. The molecule has 8 nitrogen and oxygen atoms in total. The summed E-state index contributed by atoms with van der Waals surface area (Å²) in [6, 6.07) is 6.66. The number of benzene rings is 1. The Morgan fingerprint density at radius 3 is 2.80 bits per heavy atom. The van der Waals surface area contributed by atoms with Crippen LogP contribution in [0, 0.1) is 0 Å². The SMILES string of the molecule is CCCCc1nnc(SCC(=O)Nc2ccccc2C(=O)OC)n1N. The van der Waals surface area contributed by atoms with E-state index in [0.717, 1.165) is 19.3 Å². The first-order valence-electron chi connectivity index (χ1n) is 7.86. The van der Waals surface area contributed by atoms with Crippen LogP contribution in [0.3, 0.4) is 0 Å². The Bertz CT molecular complexity index is 747. The Kier molecular flexibility index (Phi) is 6.81. The second-order valence-electron chi connectivity index (χ2n) is 5.25. The molecular formula is C16H21N5O3S. The molecule has 2 rings (SSSR count). The third kappa shape index (κ3) is 4.96. The Labute approximate surface area is 150 Å². The van der Waals surface area contributed by atoms with E-state index in [2.05, 4.69) is 22.4 Å². The van der Waals surface area contributed by atoms with Crippen LogP contribution in [0.1, 0.15) is 35.9 Å². The second kappa shape index (κ2) is 9.07. The summed E-state index contributed by atoms with van der Waals surface area (Å²) in [7, 11) is 1.29. The van der Waals surface area contributed by atoms with Gasteiger partial charge < -0.3 is 15.9 Å². The predicted molar refractivity (Wildman–Crippen MR) is 95.9 cm³/mol. The van der Waals surface area contributed by atoms with Crippen LogP contribution in [-0.4, -0.2) is 39.6 Å². The molecule has 0 radical (unpaired) electrons. The molecule has 1 aromatic heterocycles. The first kappa shape index (κ1) is 18.8. The topological polar surface area (TPSA) is 112 Å². The number of nitrogens with two attached hydrogens (primary N) is 1. The fourth-order valence-electron chi connectivity index (χ4n) is 2.11. The number of anilines is 1. The number of carbonyl (C=O) groups is 2.